The van der Waals surface area contributed by atoms with Crippen LogP contribution < -0.4 is 10.4 Å². The molecule has 0 amide bonds. The van der Waals surface area contributed by atoms with Gasteiger partial charge in [-0.2, -0.15) is 8.42 Å². The van der Waals surface area contributed by atoms with Crippen LogP contribution in [0.5, 0.6) is 5.75 Å². The quantitative estimate of drug-likeness (QED) is 0.506. The van der Waals surface area contributed by atoms with Gasteiger partial charge in [-0.3, -0.25) is 0 Å². The fourth-order valence-corrected chi connectivity index (χ4v) is 3.42. The van der Waals surface area contributed by atoms with Gasteiger partial charge in [-0.05, 0) is 24.3 Å². The van der Waals surface area contributed by atoms with Crippen molar-refractivity contribution in [3.8, 4) is 5.75 Å². The largest absolute Gasteiger partial charge is 0.872 e. The van der Waals surface area contributed by atoms with E-state index >= 15 is 0 Å². The summed E-state index contributed by atoms with van der Waals surface area (Å²) in [7, 11) is -4.01. The fourth-order valence-electron chi connectivity index (χ4n) is 2.42. The third-order valence-corrected chi connectivity index (χ3v) is 5.06. The lowest BCUT2D eigenvalue weighted by Gasteiger charge is -2.14. The van der Waals surface area contributed by atoms with Crippen LogP contribution in [0.3, 0.4) is 0 Å². The lowest BCUT2D eigenvalue weighted by atomic mass is 10.1. The molecule has 0 aliphatic carbocycles. The van der Waals surface area contributed by atoms with Gasteiger partial charge in [0.25, 0.3) is 10.0 Å². The van der Waals surface area contributed by atoms with E-state index in [0.29, 0.717) is 5.56 Å². The monoisotopic (exact) mass is 395 g/mol. The number of hydrogen-bond donors (Lipinski definition) is 2. The molecule has 28 heavy (non-hydrogen) atoms. The molecule has 0 aromatic heterocycles. The minimum absolute atomic E-state index is 0.000518. The van der Waals surface area contributed by atoms with E-state index in [4.69, 9.17) is 5.11 Å². The van der Waals surface area contributed by atoms with Crippen molar-refractivity contribution in [2.24, 2.45) is 4.40 Å². The zero-order valence-electron chi connectivity index (χ0n) is 14.4. The van der Waals surface area contributed by atoms with Crippen LogP contribution in [0.25, 0.3) is 0 Å². The second-order valence-electron chi connectivity index (χ2n) is 5.74. The number of nitrogens with zero attached hydrogens (tertiary/aromatic N) is 1. The number of aromatic carboxylic acids is 1. The molecule has 0 aliphatic rings. The molecule has 142 valence electrons. The van der Waals surface area contributed by atoms with Gasteiger partial charge < -0.3 is 15.5 Å². The first-order valence-corrected chi connectivity index (χ1v) is 9.57. The van der Waals surface area contributed by atoms with Crippen molar-refractivity contribution in [2.75, 3.05) is 5.32 Å². The van der Waals surface area contributed by atoms with Crippen molar-refractivity contribution in [3.63, 3.8) is 0 Å². The predicted molar refractivity (Wildman–Crippen MR) is 103 cm³/mol. The summed E-state index contributed by atoms with van der Waals surface area (Å²) in [6, 6.07) is 19.8. The number of anilines is 1. The molecular formula is C20H15N2O5S-. The highest BCUT2D eigenvalue weighted by Crippen LogP contribution is 2.21. The molecule has 0 fully saturated rings. The minimum atomic E-state index is -4.01. The molecule has 0 atom stereocenters. The van der Waals surface area contributed by atoms with E-state index in [1.165, 1.54) is 18.2 Å². The van der Waals surface area contributed by atoms with Crippen LogP contribution in [0.2, 0.25) is 0 Å². The highest BCUT2D eigenvalue weighted by molar-refractivity contribution is 7.90. The summed E-state index contributed by atoms with van der Waals surface area (Å²) in [5, 5.41) is 23.6. The molecule has 3 rings (SSSR count). The Morgan fingerprint density at radius 2 is 1.54 bits per heavy atom. The molecule has 2 N–H and O–H groups in total. The first-order chi connectivity index (χ1) is 13.4. The van der Waals surface area contributed by atoms with Crippen molar-refractivity contribution in [1.29, 1.82) is 0 Å². The van der Waals surface area contributed by atoms with Gasteiger partial charge in [0.15, 0.2) is 5.84 Å². The number of carboxylic acids is 1. The van der Waals surface area contributed by atoms with Gasteiger partial charge in [0.1, 0.15) is 0 Å². The van der Waals surface area contributed by atoms with E-state index in [1.54, 1.807) is 48.5 Å². The van der Waals surface area contributed by atoms with Crippen LogP contribution in [0.4, 0.5) is 5.69 Å². The molecule has 3 aromatic rings. The zero-order valence-corrected chi connectivity index (χ0v) is 15.3. The summed E-state index contributed by atoms with van der Waals surface area (Å²) in [6.07, 6.45) is 0. The molecule has 0 unspecified atom stereocenters. The minimum Gasteiger partial charge on any atom is -0.872 e. The normalized spacial score (nSPS) is 11.8. The summed E-state index contributed by atoms with van der Waals surface area (Å²) < 4.78 is 29.2. The van der Waals surface area contributed by atoms with Gasteiger partial charge >= 0.3 is 5.97 Å². The Labute approximate surface area is 161 Å². The predicted octanol–water partition coefficient (Wildman–Crippen LogP) is 2.71. The second kappa shape index (κ2) is 7.93. The average molecular weight is 395 g/mol. The van der Waals surface area contributed by atoms with Crippen LogP contribution in [-0.4, -0.2) is 25.3 Å². The zero-order chi connectivity index (χ0) is 20.1. The number of carboxylic acid groups (broad SMARTS) is 1. The van der Waals surface area contributed by atoms with E-state index in [0.717, 1.165) is 12.1 Å². The van der Waals surface area contributed by atoms with Gasteiger partial charge in [0.05, 0.1) is 10.5 Å². The van der Waals surface area contributed by atoms with Crippen LogP contribution in [0.15, 0.2) is 88.2 Å². The van der Waals surface area contributed by atoms with Crippen molar-refractivity contribution in [2.45, 2.75) is 4.90 Å². The van der Waals surface area contributed by atoms with Gasteiger partial charge in [-0.15, -0.1) is 4.40 Å². The number of rotatable bonds is 5. The first-order valence-electron chi connectivity index (χ1n) is 8.13. The Balaban J connectivity index is 2.07. The molecule has 0 saturated heterocycles. The molecule has 0 saturated carbocycles. The Kier molecular flexibility index (Phi) is 5.42. The Hall–Kier alpha value is -3.65. The van der Waals surface area contributed by atoms with Crippen molar-refractivity contribution in [3.05, 3.63) is 90.0 Å². The summed E-state index contributed by atoms with van der Waals surface area (Å²) in [6.45, 7) is 0. The Bertz CT molecular complexity index is 1130. The Morgan fingerprint density at radius 3 is 2.14 bits per heavy atom. The first kappa shape index (κ1) is 19.1. The third-order valence-electron chi connectivity index (χ3n) is 3.77. The maximum absolute atomic E-state index is 12.7. The van der Waals surface area contributed by atoms with Gasteiger partial charge in [-0.1, -0.05) is 60.3 Å². The molecule has 3 aromatic carbocycles. The molecule has 0 bridgehead atoms. The molecule has 7 nitrogen and oxygen atoms in total. The number of sulfonamides is 1. The highest BCUT2D eigenvalue weighted by Gasteiger charge is 2.16. The second-order valence-corrected chi connectivity index (χ2v) is 7.34. The number of hydrogen-bond acceptors (Lipinski definition) is 4. The van der Waals surface area contributed by atoms with Crippen molar-refractivity contribution >= 4 is 27.5 Å². The van der Waals surface area contributed by atoms with Crippen LogP contribution >= 0.6 is 0 Å². The van der Waals surface area contributed by atoms with Crippen molar-refractivity contribution in [1.82, 2.24) is 0 Å². The molecule has 8 heteroatoms. The van der Waals surface area contributed by atoms with Crippen LogP contribution in [0.1, 0.15) is 15.9 Å². The molecule has 0 spiro atoms. The van der Waals surface area contributed by atoms with Crippen LogP contribution in [0, 0.1) is 0 Å². The van der Waals surface area contributed by atoms with Gasteiger partial charge in [0.2, 0.25) is 0 Å². The van der Waals surface area contributed by atoms with E-state index in [9.17, 15) is 18.3 Å². The maximum atomic E-state index is 12.7. The number of nitrogens with one attached hydrogen (secondary N) is 1. The van der Waals surface area contributed by atoms with E-state index in [-0.39, 0.29) is 16.4 Å². The molecular weight excluding hydrogens is 380 g/mol. The lowest BCUT2D eigenvalue weighted by Crippen LogP contribution is -2.17. The average Bonchev–Trinajstić information content (AvgIpc) is 2.70. The topological polar surface area (TPSA) is 119 Å². The van der Waals surface area contributed by atoms with Gasteiger partial charge in [-0.25, -0.2) is 4.79 Å². The van der Waals surface area contributed by atoms with E-state index < -0.39 is 27.3 Å². The summed E-state index contributed by atoms with van der Waals surface area (Å²) in [5.41, 5.74) is 0.274. The van der Waals surface area contributed by atoms with Gasteiger partial charge in [0, 0.05) is 11.3 Å². The van der Waals surface area contributed by atoms with E-state index in [2.05, 4.69) is 9.71 Å². The molecule has 0 radical (unpaired) electrons. The molecule has 0 heterocycles. The fraction of sp³-hybridized carbons (Fsp3) is 0. The smallest absolute Gasteiger partial charge is 0.335 e. The third kappa shape index (κ3) is 4.36. The maximum Gasteiger partial charge on any atom is 0.335 e. The number of carbonyl (C=O) groups is 1. The Morgan fingerprint density at radius 1 is 0.929 bits per heavy atom. The summed E-state index contributed by atoms with van der Waals surface area (Å²) in [4.78, 5) is 11.2. The summed E-state index contributed by atoms with van der Waals surface area (Å²) in [5.74, 6) is -2.02. The molecule has 0 aliphatic heterocycles. The summed E-state index contributed by atoms with van der Waals surface area (Å²) >= 11 is 0. The van der Waals surface area contributed by atoms with Crippen molar-refractivity contribution < 1.29 is 23.4 Å². The van der Waals surface area contributed by atoms with Crippen LogP contribution in [-0.2, 0) is 10.0 Å². The highest BCUT2D eigenvalue weighted by atomic mass is 32.2. The standard InChI is InChI=1S/C20H16N2O5S/c23-18-12-11-15(13-17(18)20(24)25)21-19(14-7-3-1-4-8-14)22-28(26,27)16-9-5-2-6-10-16/h1-13,23H,(H,21,22)(H,24,25)/p-1. The number of amidine groups is 1. The van der Waals surface area contributed by atoms with E-state index in [1.807, 2.05) is 0 Å². The number of benzene rings is 3. The SMILES string of the molecule is O=C(O)c1cc(NC(=NS(=O)(=O)c2ccccc2)c2ccccc2)ccc1[O-]. The lowest BCUT2D eigenvalue weighted by molar-refractivity contribution is -0.268.